The fourth-order valence-electron chi connectivity index (χ4n) is 2.25. The molecule has 2 rings (SSSR count). The van der Waals surface area contributed by atoms with Gasteiger partial charge in [0.25, 0.3) is 0 Å². The lowest BCUT2D eigenvalue weighted by molar-refractivity contribution is 0.595. The van der Waals surface area contributed by atoms with Crippen LogP contribution in [0.4, 0.5) is 0 Å². The summed E-state index contributed by atoms with van der Waals surface area (Å²) >= 11 is 0. The van der Waals surface area contributed by atoms with E-state index in [9.17, 15) is 0 Å². The van der Waals surface area contributed by atoms with Gasteiger partial charge in [-0.25, -0.2) is 0 Å². The molecule has 0 amide bonds. The Hall–Kier alpha value is -1.67. The molecule has 20 heavy (non-hydrogen) atoms. The molecule has 0 unspecified atom stereocenters. The van der Waals surface area contributed by atoms with Crippen LogP contribution in [-0.2, 0) is 0 Å². The number of nitrogens with zero attached hydrogens (tertiary/aromatic N) is 1. The molecule has 0 radical (unpaired) electrons. The first kappa shape index (κ1) is 14.7. The zero-order chi connectivity index (χ0) is 14.5. The van der Waals surface area contributed by atoms with Crippen molar-refractivity contribution in [3.05, 3.63) is 47.7 Å². The first-order valence-corrected chi connectivity index (χ1v) is 7.34. The Balaban J connectivity index is 2.11. The lowest BCUT2D eigenvalue weighted by Gasteiger charge is -2.07. The summed E-state index contributed by atoms with van der Waals surface area (Å²) in [4.78, 5) is 4.54. The van der Waals surface area contributed by atoms with Gasteiger partial charge in [-0.15, -0.1) is 0 Å². The van der Waals surface area contributed by atoms with Gasteiger partial charge in [0.05, 0.1) is 5.52 Å². The number of benzene rings is 1. The number of aromatic nitrogens is 1. The van der Waals surface area contributed by atoms with E-state index in [0.717, 1.165) is 24.2 Å². The number of nitrogens with one attached hydrogen (secondary N) is 1. The number of rotatable bonds is 5. The second-order valence-electron chi connectivity index (χ2n) is 5.64. The summed E-state index contributed by atoms with van der Waals surface area (Å²) in [7, 11) is 0. The van der Waals surface area contributed by atoms with Crippen LogP contribution >= 0.6 is 0 Å². The Kier molecular flexibility index (Phi) is 4.91. The van der Waals surface area contributed by atoms with Crippen LogP contribution in [0, 0.1) is 6.92 Å². The minimum atomic E-state index is 0.554. The monoisotopic (exact) mass is 268 g/mol. The van der Waals surface area contributed by atoms with Crippen LogP contribution in [0.5, 0.6) is 0 Å². The molecule has 1 aromatic heterocycles. The number of allylic oxidation sites excluding steroid dienone is 1. The highest BCUT2D eigenvalue weighted by Crippen LogP contribution is 2.20. The predicted octanol–water partition coefficient (Wildman–Crippen LogP) is 4.33. The van der Waals surface area contributed by atoms with Crippen LogP contribution in [0.2, 0.25) is 0 Å². The molecule has 1 N–H and O–H groups in total. The molecule has 2 heteroatoms. The molecule has 0 aliphatic carbocycles. The molecule has 2 aromatic rings. The molecule has 2 nitrogen and oxygen atoms in total. The summed E-state index contributed by atoms with van der Waals surface area (Å²) in [6, 6.07) is 11.3. The summed E-state index contributed by atoms with van der Waals surface area (Å²) < 4.78 is 0. The second kappa shape index (κ2) is 6.67. The zero-order valence-corrected chi connectivity index (χ0v) is 12.9. The Bertz CT molecular complexity index is 612. The molecule has 0 saturated heterocycles. The molecule has 0 saturated carbocycles. The van der Waals surface area contributed by atoms with E-state index in [1.165, 1.54) is 16.5 Å². The van der Waals surface area contributed by atoms with E-state index in [1.54, 1.807) is 0 Å². The first-order chi connectivity index (χ1) is 9.56. The lowest BCUT2D eigenvalue weighted by atomic mass is 10.0. The van der Waals surface area contributed by atoms with Crippen molar-refractivity contribution in [3.8, 4) is 0 Å². The average Bonchev–Trinajstić information content (AvgIpc) is 2.42. The van der Waals surface area contributed by atoms with Gasteiger partial charge in [0.1, 0.15) is 0 Å². The molecular formula is C18H24N2. The molecule has 106 valence electrons. The fraction of sp³-hybridized carbons (Fsp3) is 0.389. The van der Waals surface area contributed by atoms with E-state index in [1.807, 2.05) is 6.92 Å². The highest BCUT2D eigenvalue weighted by atomic mass is 14.9. The van der Waals surface area contributed by atoms with Gasteiger partial charge in [-0.1, -0.05) is 32.1 Å². The van der Waals surface area contributed by atoms with Crippen LogP contribution < -0.4 is 5.32 Å². The van der Waals surface area contributed by atoms with Gasteiger partial charge in [0, 0.05) is 17.1 Å². The van der Waals surface area contributed by atoms with Gasteiger partial charge in [-0.05, 0) is 56.1 Å². The zero-order valence-electron chi connectivity index (χ0n) is 12.9. The van der Waals surface area contributed by atoms with Gasteiger partial charge in [-0.2, -0.15) is 0 Å². The molecule has 0 atom stereocenters. The Morgan fingerprint density at radius 1 is 1.25 bits per heavy atom. The van der Waals surface area contributed by atoms with Crippen molar-refractivity contribution in [2.24, 2.45) is 0 Å². The van der Waals surface area contributed by atoms with Crippen molar-refractivity contribution in [1.29, 1.82) is 0 Å². The second-order valence-corrected chi connectivity index (χ2v) is 5.64. The highest BCUT2D eigenvalue weighted by Gasteiger charge is 2.00. The van der Waals surface area contributed by atoms with Crippen LogP contribution in [0.15, 0.2) is 36.4 Å². The standard InChI is InChI=1S/C18H24N2/c1-13(2)19-11-5-6-14(3)16-9-10-18-17(12-16)8-7-15(4)20-18/h6-10,12-13,19H,5,11H2,1-4H3/b14-6-. The molecule has 0 fully saturated rings. The summed E-state index contributed by atoms with van der Waals surface area (Å²) in [6.07, 6.45) is 3.37. The summed E-state index contributed by atoms with van der Waals surface area (Å²) in [5.41, 5.74) is 4.76. The Labute approximate surface area is 121 Å². The van der Waals surface area contributed by atoms with Gasteiger partial charge < -0.3 is 5.32 Å². The molecular weight excluding hydrogens is 244 g/mol. The van der Waals surface area contributed by atoms with Gasteiger partial charge >= 0.3 is 0 Å². The largest absolute Gasteiger partial charge is 0.314 e. The molecule has 0 aliphatic rings. The third-order valence-corrected chi connectivity index (χ3v) is 3.43. The maximum Gasteiger partial charge on any atom is 0.0705 e. The van der Waals surface area contributed by atoms with Gasteiger partial charge in [0.15, 0.2) is 0 Å². The van der Waals surface area contributed by atoms with E-state index in [0.29, 0.717) is 6.04 Å². The summed E-state index contributed by atoms with van der Waals surface area (Å²) in [6.45, 7) is 9.59. The number of hydrogen-bond donors (Lipinski definition) is 1. The summed E-state index contributed by atoms with van der Waals surface area (Å²) in [5.74, 6) is 0. The van der Waals surface area contributed by atoms with Crippen LogP contribution in [0.1, 0.15) is 38.4 Å². The number of aryl methyl sites for hydroxylation is 1. The maximum atomic E-state index is 4.54. The van der Waals surface area contributed by atoms with Crippen molar-refractivity contribution < 1.29 is 0 Å². The highest BCUT2D eigenvalue weighted by molar-refractivity contribution is 5.83. The first-order valence-electron chi connectivity index (χ1n) is 7.34. The fourth-order valence-corrected chi connectivity index (χ4v) is 2.25. The van der Waals surface area contributed by atoms with Crippen molar-refractivity contribution in [3.63, 3.8) is 0 Å². The van der Waals surface area contributed by atoms with E-state index in [-0.39, 0.29) is 0 Å². The lowest BCUT2D eigenvalue weighted by Crippen LogP contribution is -2.23. The van der Waals surface area contributed by atoms with Crippen molar-refractivity contribution in [1.82, 2.24) is 10.3 Å². The minimum Gasteiger partial charge on any atom is -0.314 e. The Morgan fingerprint density at radius 2 is 2.05 bits per heavy atom. The van der Waals surface area contributed by atoms with Gasteiger partial charge in [-0.3, -0.25) is 4.98 Å². The summed E-state index contributed by atoms with van der Waals surface area (Å²) in [5, 5.41) is 4.64. The molecule has 0 spiro atoms. The molecule has 1 aromatic carbocycles. The van der Waals surface area contributed by atoms with Crippen molar-refractivity contribution in [2.75, 3.05) is 6.54 Å². The van der Waals surface area contributed by atoms with Gasteiger partial charge in [0.2, 0.25) is 0 Å². The normalized spacial score (nSPS) is 12.3. The quantitative estimate of drug-likeness (QED) is 0.816. The number of hydrogen-bond acceptors (Lipinski definition) is 2. The third-order valence-electron chi connectivity index (χ3n) is 3.43. The van der Waals surface area contributed by atoms with Crippen molar-refractivity contribution >= 4 is 16.5 Å². The Morgan fingerprint density at radius 3 is 2.80 bits per heavy atom. The number of pyridine rings is 1. The van der Waals surface area contributed by atoms with Crippen molar-refractivity contribution in [2.45, 2.75) is 40.2 Å². The minimum absolute atomic E-state index is 0.554. The van der Waals surface area contributed by atoms with E-state index >= 15 is 0 Å². The van der Waals surface area contributed by atoms with E-state index in [4.69, 9.17) is 0 Å². The molecule has 0 aliphatic heterocycles. The van der Waals surface area contributed by atoms with Crippen LogP contribution in [0.25, 0.3) is 16.5 Å². The predicted molar refractivity (Wildman–Crippen MR) is 87.9 cm³/mol. The van der Waals surface area contributed by atoms with E-state index < -0.39 is 0 Å². The van der Waals surface area contributed by atoms with Crippen LogP contribution in [-0.4, -0.2) is 17.6 Å². The smallest absolute Gasteiger partial charge is 0.0705 e. The third kappa shape index (κ3) is 3.91. The average molecular weight is 268 g/mol. The molecule has 0 bridgehead atoms. The topological polar surface area (TPSA) is 24.9 Å². The van der Waals surface area contributed by atoms with E-state index in [2.05, 4.69) is 67.5 Å². The number of fused-ring (bicyclic) bond motifs is 1. The molecule has 1 heterocycles. The maximum absolute atomic E-state index is 4.54. The van der Waals surface area contributed by atoms with Crippen LogP contribution in [0.3, 0.4) is 0 Å². The SMILES string of the molecule is C/C(=C/CCNC(C)C)c1ccc2nc(C)ccc2c1.